The molecule has 2 aromatic carbocycles. The molecule has 8 heteroatoms. The van der Waals surface area contributed by atoms with Gasteiger partial charge >= 0.3 is 6.03 Å². The highest BCUT2D eigenvalue weighted by Crippen LogP contribution is 2.37. The number of ether oxygens (including phenoxy) is 2. The molecule has 0 atom stereocenters. The number of carbonyl (C=O) groups excluding carboxylic acids is 2. The van der Waals surface area contributed by atoms with Crippen molar-refractivity contribution >= 4 is 29.6 Å². The van der Waals surface area contributed by atoms with Crippen LogP contribution in [0.5, 0.6) is 11.5 Å². The first-order valence-corrected chi connectivity index (χ1v) is 9.40. The first-order chi connectivity index (χ1) is 13.9. The van der Waals surface area contributed by atoms with Gasteiger partial charge in [0.2, 0.25) is 0 Å². The highest BCUT2D eigenvalue weighted by Gasteiger charge is 2.32. The number of nitrogens with one attached hydrogen (secondary N) is 1. The van der Waals surface area contributed by atoms with Crippen LogP contribution in [0.4, 0.5) is 9.18 Å². The lowest BCUT2D eigenvalue weighted by atomic mass is 10.1. The summed E-state index contributed by atoms with van der Waals surface area (Å²) in [6.07, 6.45) is 2.20. The molecular formula is C21H20ClFN2O4. The molecule has 1 heterocycles. The van der Waals surface area contributed by atoms with Crippen LogP contribution in [0, 0.1) is 5.82 Å². The van der Waals surface area contributed by atoms with Crippen LogP contribution in [0.3, 0.4) is 0 Å². The first-order valence-electron chi connectivity index (χ1n) is 9.02. The van der Waals surface area contributed by atoms with E-state index in [4.69, 9.17) is 21.1 Å². The summed E-state index contributed by atoms with van der Waals surface area (Å²) in [5.41, 5.74) is 1.37. The molecule has 6 nitrogen and oxygen atoms in total. The number of halogens is 2. The second-order valence-corrected chi connectivity index (χ2v) is 6.80. The lowest BCUT2D eigenvalue weighted by Crippen LogP contribution is -2.31. The lowest BCUT2D eigenvalue weighted by Gasteiger charge is -2.13. The van der Waals surface area contributed by atoms with Crippen molar-refractivity contribution < 1.29 is 23.5 Å². The van der Waals surface area contributed by atoms with Gasteiger partial charge in [-0.3, -0.25) is 9.69 Å². The fourth-order valence-corrected chi connectivity index (χ4v) is 3.18. The molecule has 1 aliphatic rings. The predicted molar refractivity (Wildman–Crippen MR) is 107 cm³/mol. The van der Waals surface area contributed by atoms with Crippen molar-refractivity contribution in [2.24, 2.45) is 0 Å². The van der Waals surface area contributed by atoms with E-state index >= 15 is 0 Å². The Hall–Kier alpha value is -3.06. The maximum absolute atomic E-state index is 13.3. The molecule has 1 saturated heterocycles. The Bertz CT molecular complexity index is 977. The Kier molecular flexibility index (Phi) is 6.39. The number of methoxy groups -OCH3 is 1. The third-order valence-corrected chi connectivity index (χ3v) is 4.53. The summed E-state index contributed by atoms with van der Waals surface area (Å²) in [5, 5.41) is 2.82. The minimum Gasteiger partial charge on any atom is -0.493 e. The molecule has 3 rings (SSSR count). The maximum atomic E-state index is 13.3. The standard InChI is InChI=1S/C21H20ClFN2O4/c1-3-7-25-20(26)17(24-21(25)27)10-14-9-16(22)19(18(11-14)28-2)29-12-13-5-4-6-15(23)8-13/h4-6,8-11H,3,7,12H2,1-2H3,(H,24,27)/b17-10+. The monoisotopic (exact) mass is 418 g/mol. The van der Waals surface area contributed by atoms with Gasteiger partial charge in [0.05, 0.1) is 12.1 Å². The highest BCUT2D eigenvalue weighted by atomic mass is 35.5. The molecule has 0 bridgehead atoms. The van der Waals surface area contributed by atoms with Gasteiger partial charge in [0.1, 0.15) is 18.1 Å². The van der Waals surface area contributed by atoms with E-state index in [0.717, 1.165) is 4.90 Å². The number of urea groups is 1. The smallest absolute Gasteiger partial charge is 0.329 e. The predicted octanol–water partition coefficient (Wildman–Crippen LogP) is 4.37. The van der Waals surface area contributed by atoms with Gasteiger partial charge in [-0.15, -0.1) is 0 Å². The number of rotatable bonds is 7. The molecule has 3 amide bonds. The molecule has 29 heavy (non-hydrogen) atoms. The van der Waals surface area contributed by atoms with E-state index in [1.807, 2.05) is 6.92 Å². The molecule has 0 aromatic heterocycles. The van der Waals surface area contributed by atoms with E-state index in [1.54, 1.807) is 24.3 Å². The van der Waals surface area contributed by atoms with Gasteiger partial charge in [0.25, 0.3) is 5.91 Å². The zero-order valence-electron chi connectivity index (χ0n) is 16.0. The van der Waals surface area contributed by atoms with Crippen molar-refractivity contribution in [2.75, 3.05) is 13.7 Å². The van der Waals surface area contributed by atoms with Gasteiger partial charge in [-0.25, -0.2) is 9.18 Å². The number of hydrogen-bond donors (Lipinski definition) is 1. The summed E-state index contributed by atoms with van der Waals surface area (Å²) in [6, 6.07) is 8.84. The van der Waals surface area contributed by atoms with Crippen molar-refractivity contribution in [3.05, 3.63) is 64.1 Å². The quantitative estimate of drug-likeness (QED) is 0.535. The average Bonchev–Trinajstić information content (AvgIpc) is 2.94. The Morgan fingerprint density at radius 3 is 2.72 bits per heavy atom. The number of imide groups is 1. The van der Waals surface area contributed by atoms with Crippen molar-refractivity contribution in [1.82, 2.24) is 10.2 Å². The van der Waals surface area contributed by atoms with Crippen LogP contribution in [0.1, 0.15) is 24.5 Å². The molecule has 0 radical (unpaired) electrons. The van der Waals surface area contributed by atoms with Crippen molar-refractivity contribution in [3.8, 4) is 11.5 Å². The number of carbonyl (C=O) groups is 2. The van der Waals surface area contributed by atoms with Gasteiger partial charge in [0.15, 0.2) is 11.5 Å². The Morgan fingerprint density at radius 2 is 2.03 bits per heavy atom. The fourth-order valence-electron chi connectivity index (χ4n) is 2.91. The molecule has 1 N–H and O–H groups in total. The van der Waals surface area contributed by atoms with Crippen LogP contribution >= 0.6 is 11.6 Å². The molecule has 0 spiro atoms. The van der Waals surface area contributed by atoms with Gasteiger partial charge in [-0.2, -0.15) is 0 Å². The molecule has 2 aromatic rings. The number of hydrogen-bond acceptors (Lipinski definition) is 4. The maximum Gasteiger partial charge on any atom is 0.329 e. The summed E-state index contributed by atoms with van der Waals surface area (Å²) in [5.74, 6) is -0.0946. The molecule has 1 aliphatic heterocycles. The number of amides is 3. The second-order valence-electron chi connectivity index (χ2n) is 6.40. The van der Waals surface area contributed by atoms with Crippen molar-refractivity contribution in [3.63, 3.8) is 0 Å². The van der Waals surface area contributed by atoms with E-state index in [1.165, 1.54) is 25.3 Å². The zero-order chi connectivity index (χ0) is 21.0. The third kappa shape index (κ3) is 4.68. The van der Waals surface area contributed by atoms with E-state index < -0.39 is 11.9 Å². The third-order valence-electron chi connectivity index (χ3n) is 4.24. The van der Waals surface area contributed by atoms with E-state index in [9.17, 15) is 14.0 Å². The van der Waals surface area contributed by atoms with E-state index in [0.29, 0.717) is 35.6 Å². The van der Waals surface area contributed by atoms with Crippen LogP contribution < -0.4 is 14.8 Å². The summed E-state index contributed by atoms with van der Waals surface area (Å²) in [7, 11) is 1.46. The van der Waals surface area contributed by atoms with Gasteiger partial charge < -0.3 is 14.8 Å². The Balaban J connectivity index is 1.83. The lowest BCUT2D eigenvalue weighted by molar-refractivity contribution is -0.122. The SMILES string of the molecule is CCCN1C(=O)N/C(=C/c2cc(Cl)c(OCc3cccc(F)c3)c(OC)c2)C1=O. The van der Waals surface area contributed by atoms with Crippen LogP contribution in [-0.2, 0) is 11.4 Å². The van der Waals surface area contributed by atoms with Crippen LogP contribution in [-0.4, -0.2) is 30.5 Å². The number of nitrogens with zero attached hydrogens (tertiary/aromatic N) is 1. The highest BCUT2D eigenvalue weighted by molar-refractivity contribution is 6.32. The van der Waals surface area contributed by atoms with Crippen LogP contribution in [0.15, 0.2) is 42.1 Å². The van der Waals surface area contributed by atoms with E-state index in [2.05, 4.69) is 5.32 Å². The first kappa shape index (κ1) is 20.7. The average molecular weight is 419 g/mol. The molecule has 0 saturated carbocycles. The van der Waals surface area contributed by atoms with Crippen molar-refractivity contribution in [1.29, 1.82) is 0 Å². The molecule has 1 fully saturated rings. The van der Waals surface area contributed by atoms with Gasteiger partial charge in [-0.1, -0.05) is 30.7 Å². The Morgan fingerprint density at radius 1 is 1.24 bits per heavy atom. The number of benzene rings is 2. The van der Waals surface area contributed by atoms with Crippen molar-refractivity contribution in [2.45, 2.75) is 20.0 Å². The largest absolute Gasteiger partial charge is 0.493 e. The molecule has 0 aliphatic carbocycles. The topological polar surface area (TPSA) is 67.9 Å². The second kappa shape index (κ2) is 8.96. The molecular weight excluding hydrogens is 399 g/mol. The van der Waals surface area contributed by atoms with Gasteiger partial charge in [-0.05, 0) is 47.9 Å². The van der Waals surface area contributed by atoms with E-state index in [-0.39, 0.29) is 23.1 Å². The minimum absolute atomic E-state index is 0.106. The molecule has 0 unspecified atom stereocenters. The summed E-state index contributed by atoms with van der Waals surface area (Å²) in [6.45, 7) is 2.34. The zero-order valence-corrected chi connectivity index (χ0v) is 16.8. The minimum atomic E-state index is -0.448. The Labute approximate surface area is 172 Å². The summed E-state index contributed by atoms with van der Waals surface area (Å²) in [4.78, 5) is 25.4. The summed E-state index contributed by atoms with van der Waals surface area (Å²) < 4.78 is 24.4. The summed E-state index contributed by atoms with van der Waals surface area (Å²) >= 11 is 6.35. The van der Waals surface area contributed by atoms with Crippen LogP contribution in [0.25, 0.3) is 6.08 Å². The van der Waals surface area contributed by atoms with Gasteiger partial charge in [0, 0.05) is 6.54 Å². The fraction of sp³-hybridized carbons (Fsp3) is 0.238. The molecule has 152 valence electrons. The normalized spacial score (nSPS) is 15.0. The van der Waals surface area contributed by atoms with Crippen LogP contribution in [0.2, 0.25) is 5.02 Å².